The SMILES string of the molecule is Nc1nc(Cl)c2ncn(C3CC4CCC(O)C4O3)c2n1. The lowest BCUT2D eigenvalue weighted by atomic mass is 10.0. The summed E-state index contributed by atoms with van der Waals surface area (Å²) in [5.41, 5.74) is 6.72. The van der Waals surface area contributed by atoms with Crippen molar-refractivity contribution in [2.24, 2.45) is 5.92 Å². The first kappa shape index (κ1) is 12.3. The van der Waals surface area contributed by atoms with Gasteiger partial charge in [-0.3, -0.25) is 4.57 Å². The molecule has 2 aliphatic rings. The molecule has 1 saturated heterocycles. The van der Waals surface area contributed by atoms with E-state index in [0.717, 1.165) is 19.3 Å². The van der Waals surface area contributed by atoms with Crippen molar-refractivity contribution < 1.29 is 9.84 Å². The van der Waals surface area contributed by atoms with E-state index < -0.39 is 0 Å². The largest absolute Gasteiger partial charge is 0.390 e. The van der Waals surface area contributed by atoms with Crippen LogP contribution in [0.25, 0.3) is 11.2 Å². The Kier molecular flexibility index (Phi) is 2.63. The van der Waals surface area contributed by atoms with Gasteiger partial charge in [-0.1, -0.05) is 11.6 Å². The Morgan fingerprint density at radius 2 is 2.25 bits per heavy atom. The Morgan fingerprint density at radius 1 is 1.40 bits per heavy atom. The molecule has 2 aromatic rings. The summed E-state index contributed by atoms with van der Waals surface area (Å²) in [4.78, 5) is 12.3. The number of nitrogens with zero attached hydrogens (tertiary/aromatic N) is 4. The van der Waals surface area contributed by atoms with Gasteiger partial charge in [-0.15, -0.1) is 0 Å². The van der Waals surface area contributed by atoms with Gasteiger partial charge in [-0.2, -0.15) is 9.97 Å². The molecule has 0 amide bonds. The van der Waals surface area contributed by atoms with Crippen LogP contribution in [0.2, 0.25) is 5.15 Å². The molecule has 106 valence electrons. The van der Waals surface area contributed by atoms with E-state index in [2.05, 4.69) is 15.0 Å². The van der Waals surface area contributed by atoms with Crippen LogP contribution in [0.1, 0.15) is 25.5 Å². The van der Waals surface area contributed by atoms with Gasteiger partial charge in [0.15, 0.2) is 10.8 Å². The molecule has 0 radical (unpaired) electrons. The van der Waals surface area contributed by atoms with E-state index in [-0.39, 0.29) is 29.5 Å². The molecule has 1 aliphatic heterocycles. The smallest absolute Gasteiger partial charge is 0.223 e. The first-order valence-electron chi connectivity index (χ1n) is 6.62. The van der Waals surface area contributed by atoms with Gasteiger partial charge in [0.25, 0.3) is 0 Å². The van der Waals surface area contributed by atoms with Gasteiger partial charge in [-0.25, -0.2) is 4.98 Å². The summed E-state index contributed by atoms with van der Waals surface area (Å²) in [6.45, 7) is 0. The standard InChI is InChI=1S/C12H14ClN5O2/c13-10-8-11(17-12(14)16-10)18(4-15-8)7-3-5-1-2-6(19)9(5)20-7/h4-7,9,19H,1-3H2,(H2,14,16,17). The third-order valence-electron chi connectivity index (χ3n) is 4.20. The average molecular weight is 296 g/mol. The fourth-order valence-corrected chi connectivity index (χ4v) is 3.48. The van der Waals surface area contributed by atoms with E-state index in [0.29, 0.717) is 17.1 Å². The molecule has 4 rings (SSSR count). The van der Waals surface area contributed by atoms with Crippen LogP contribution in [0.3, 0.4) is 0 Å². The third kappa shape index (κ3) is 1.70. The Labute approximate surface area is 119 Å². The normalized spacial score (nSPS) is 32.9. The summed E-state index contributed by atoms with van der Waals surface area (Å²) in [6, 6.07) is 0. The topological polar surface area (TPSA) is 99.1 Å². The number of nitrogens with two attached hydrogens (primary N) is 1. The first-order valence-corrected chi connectivity index (χ1v) is 7.00. The van der Waals surface area contributed by atoms with Crippen molar-refractivity contribution in [3.05, 3.63) is 11.5 Å². The second-order valence-electron chi connectivity index (χ2n) is 5.39. The van der Waals surface area contributed by atoms with Crippen molar-refractivity contribution >= 4 is 28.7 Å². The van der Waals surface area contributed by atoms with Crippen LogP contribution in [0.15, 0.2) is 6.33 Å². The minimum absolute atomic E-state index is 0.0906. The van der Waals surface area contributed by atoms with E-state index in [9.17, 15) is 5.11 Å². The van der Waals surface area contributed by atoms with Gasteiger partial charge in [0.1, 0.15) is 11.7 Å². The summed E-state index contributed by atoms with van der Waals surface area (Å²) in [5.74, 6) is 0.504. The fourth-order valence-electron chi connectivity index (χ4n) is 3.26. The number of nitrogen functional groups attached to an aromatic ring is 1. The minimum atomic E-state index is -0.372. The summed E-state index contributed by atoms with van der Waals surface area (Å²) >= 11 is 6.01. The highest BCUT2D eigenvalue weighted by atomic mass is 35.5. The third-order valence-corrected chi connectivity index (χ3v) is 4.47. The number of rotatable bonds is 1. The van der Waals surface area contributed by atoms with E-state index in [1.54, 1.807) is 6.33 Å². The summed E-state index contributed by atoms with van der Waals surface area (Å²) in [6.07, 6.45) is 3.64. The molecule has 0 spiro atoms. The number of anilines is 1. The van der Waals surface area contributed by atoms with Crippen molar-refractivity contribution in [3.63, 3.8) is 0 Å². The highest BCUT2D eigenvalue weighted by Crippen LogP contribution is 2.43. The van der Waals surface area contributed by atoms with Crippen LogP contribution in [-0.2, 0) is 4.74 Å². The molecule has 3 N–H and O–H groups in total. The van der Waals surface area contributed by atoms with Crippen molar-refractivity contribution in [3.8, 4) is 0 Å². The van der Waals surface area contributed by atoms with Gasteiger partial charge in [-0.05, 0) is 25.2 Å². The lowest BCUT2D eigenvalue weighted by Crippen LogP contribution is -2.23. The van der Waals surface area contributed by atoms with Gasteiger partial charge in [0.05, 0.1) is 18.5 Å². The van der Waals surface area contributed by atoms with Crippen LogP contribution < -0.4 is 5.73 Å². The number of halogens is 1. The van der Waals surface area contributed by atoms with Gasteiger partial charge in [0.2, 0.25) is 5.95 Å². The number of aromatic nitrogens is 4. The second kappa shape index (κ2) is 4.28. The number of aliphatic hydroxyl groups excluding tert-OH is 1. The van der Waals surface area contributed by atoms with Crippen LogP contribution >= 0.6 is 11.6 Å². The Balaban J connectivity index is 1.73. The lowest BCUT2D eigenvalue weighted by Gasteiger charge is -2.16. The maximum atomic E-state index is 9.90. The summed E-state index contributed by atoms with van der Waals surface area (Å²) in [5, 5.41) is 10.1. The molecular formula is C12H14ClN5O2. The molecule has 7 nitrogen and oxygen atoms in total. The fraction of sp³-hybridized carbons (Fsp3) is 0.583. The Hall–Kier alpha value is -1.44. The lowest BCUT2D eigenvalue weighted by molar-refractivity contribution is -0.0525. The first-order chi connectivity index (χ1) is 9.63. The van der Waals surface area contributed by atoms with E-state index in [1.165, 1.54) is 0 Å². The van der Waals surface area contributed by atoms with Crippen LogP contribution in [0, 0.1) is 5.92 Å². The number of imidazole rings is 1. The maximum Gasteiger partial charge on any atom is 0.223 e. The molecule has 8 heteroatoms. The predicted molar refractivity (Wildman–Crippen MR) is 72.0 cm³/mol. The highest BCUT2D eigenvalue weighted by Gasteiger charge is 2.44. The molecule has 1 saturated carbocycles. The molecule has 3 heterocycles. The quantitative estimate of drug-likeness (QED) is 0.765. The second-order valence-corrected chi connectivity index (χ2v) is 5.75. The van der Waals surface area contributed by atoms with Crippen molar-refractivity contribution in [1.82, 2.24) is 19.5 Å². The highest BCUT2D eigenvalue weighted by molar-refractivity contribution is 6.33. The summed E-state index contributed by atoms with van der Waals surface area (Å²) < 4.78 is 7.78. The zero-order chi connectivity index (χ0) is 13.9. The van der Waals surface area contributed by atoms with E-state index in [4.69, 9.17) is 22.1 Å². The zero-order valence-electron chi connectivity index (χ0n) is 10.6. The number of fused-ring (bicyclic) bond motifs is 2. The molecule has 1 aliphatic carbocycles. The minimum Gasteiger partial charge on any atom is -0.390 e. The van der Waals surface area contributed by atoms with Crippen molar-refractivity contribution in [1.29, 1.82) is 0 Å². The zero-order valence-corrected chi connectivity index (χ0v) is 11.4. The van der Waals surface area contributed by atoms with Crippen LogP contribution in [0.5, 0.6) is 0 Å². The predicted octanol–water partition coefficient (Wildman–Crippen LogP) is 1.12. The van der Waals surface area contributed by atoms with Crippen LogP contribution in [0.4, 0.5) is 5.95 Å². The molecule has 0 bridgehead atoms. The molecule has 4 unspecified atom stereocenters. The molecule has 4 atom stereocenters. The number of aliphatic hydroxyl groups is 1. The van der Waals surface area contributed by atoms with Crippen LogP contribution in [-0.4, -0.2) is 36.8 Å². The van der Waals surface area contributed by atoms with E-state index >= 15 is 0 Å². The molecule has 2 fully saturated rings. The number of hydrogen-bond acceptors (Lipinski definition) is 6. The molecule has 2 aromatic heterocycles. The van der Waals surface area contributed by atoms with Gasteiger partial charge in [0, 0.05) is 0 Å². The molecular weight excluding hydrogens is 282 g/mol. The molecule has 0 aromatic carbocycles. The van der Waals surface area contributed by atoms with Gasteiger partial charge >= 0.3 is 0 Å². The van der Waals surface area contributed by atoms with Gasteiger partial charge < -0.3 is 15.6 Å². The molecule has 20 heavy (non-hydrogen) atoms. The maximum absolute atomic E-state index is 9.90. The van der Waals surface area contributed by atoms with Crippen molar-refractivity contribution in [2.75, 3.05) is 5.73 Å². The Morgan fingerprint density at radius 3 is 3.05 bits per heavy atom. The number of hydrogen-bond donors (Lipinski definition) is 2. The number of ether oxygens (including phenoxy) is 1. The van der Waals surface area contributed by atoms with E-state index in [1.807, 2.05) is 4.57 Å². The van der Waals surface area contributed by atoms with Crippen molar-refractivity contribution in [2.45, 2.75) is 37.7 Å². The monoisotopic (exact) mass is 295 g/mol. The summed E-state index contributed by atoms with van der Waals surface area (Å²) in [7, 11) is 0. The average Bonchev–Trinajstić information content (AvgIpc) is 3.05. The Bertz CT molecular complexity index is 675.